The highest BCUT2D eigenvalue weighted by Gasteiger charge is 2.22. The second-order valence-electron chi connectivity index (χ2n) is 6.26. The molecule has 1 aliphatic heterocycles. The Hall–Kier alpha value is -2.73. The van der Waals surface area contributed by atoms with Crippen LogP contribution in [-0.4, -0.2) is 36.4 Å². The number of nitrogens with zero attached hydrogens (tertiary/aromatic N) is 3. The molecule has 1 N–H and O–H groups in total. The van der Waals surface area contributed by atoms with E-state index in [2.05, 4.69) is 39.4 Å². The van der Waals surface area contributed by atoms with Gasteiger partial charge in [0.2, 0.25) is 5.89 Å². The van der Waals surface area contributed by atoms with Gasteiger partial charge in [0, 0.05) is 11.3 Å². The maximum atomic E-state index is 13.0. The van der Waals surface area contributed by atoms with E-state index >= 15 is 0 Å². The molecule has 1 aromatic heterocycles. The van der Waals surface area contributed by atoms with Crippen molar-refractivity contribution in [3.8, 4) is 11.5 Å². The number of benzene rings is 2. The van der Waals surface area contributed by atoms with E-state index in [0.717, 1.165) is 38.3 Å². The summed E-state index contributed by atoms with van der Waals surface area (Å²) in [5.74, 6) is 0.795. The van der Waals surface area contributed by atoms with E-state index in [1.54, 1.807) is 12.1 Å². The van der Waals surface area contributed by atoms with Crippen molar-refractivity contribution in [2.75, 3.05) is 31.1 Å². The molecule has 0 amide bonds. The first kappa shape index (κ1) is 15.8. The first-order chi connectivity index (χ1) is 12.3. The summed E-state index contributed by atoms with van der Waals surface area (Å²) in [6.45, 7) is 4.81. The second-order valence-corrected chi connectivity index (χ2v) is 6.26. The molecule has 2 heterocycles. The molecule has 25 heavy (non-hydrogen) atoms. The summed E-state index contributed by atoms with van der Waals surface area (Å²) in [5.41, 5.74) is 2.02. The van der Waals surface area contributed by atoms with Crippen LogP contribution in [0.1, 0.15) is 5.89 Å². The lowest BCUT2D eigenvalue weighted by Crippen LogP contribution is -3.13. The molecule has 0 radical (unpaired) electrons. The zero-order valence-corrected chi connectivity index (χ0v) is 13.9. The third-order valence-corrected chi connectivity index (χ3v) is 4.55. The van der Waals surface area contributed by atoms with E-state index in [9.17, 15) is 4.39 Å². The third-order valence-electron chi connectivity index (χ3n) is 4.55. The average Bonchev–Trinajstić information content (AvgIpc) is 3.12. The molecule has 0 spiro atoms. The lowest BCUT2D eigenvalue weighted by atomic mass is 10.2. The van der Waals surface area contributed by atoms with Gasteiger partial charge in [0.25, 0.3) is 5.89 Å². The number of piperazine rings is 1. The molecule has 0 unspecified atom stereocenters. The summed E-state index contributed by atoms with van der Waals surface area (Å²) in [7, 11) is 0. The fraction of sp³-hybridized carbons (Fsp3) is 0.263. The first-order valence-corrected chi connectivity index (χ1v) is 8.50. The zero-order chi connectivity index (χ0) is 17.1. The highest BCUT2D eigenvalue weighted by molar-refractivity contribution is 5.51. The predicted octanol–water partition coefficient (Wildman–Crippen LogP) is 1.78. The van der Waals surface area contributed by atoms with Gasteiger partial charge in [0.15, 0.2) is 6.54 Å². The van der Waals surface area contributed by atoms with Gasteiger partial charge in [-0.1, -0.05) is 18.2 Å². The Kier molecular flexibility index (Phi) is 4.43. The Labute approximate surface area is 145 Å². The number of para-hydroxylation sites is 1. The van der Waals surface area contributed by atoms with Crippen LogP contribution < -0.4 is 9.80 Å². The molecule has 1 fully saturated rings. The summed E-state index contributed by atoms with van der Waals surface area (Å²) in [6, 6.07) is 16.6. The Morgan fingerprint density at radius 2 is 1.68 bits per heavy atom. The van der Waals surface area contributed by atoms with Crippen molar-refractivity contribution in [1.82, 2.24) is 10.2 Å². The van der Waals surface area contributed by atoms with Crippen LogP contribution in [0.25, 0.3) is 11.5 Å². The highest BCUT2D eigenvalue weighted by Crippen LogP contribution is 2.18. The average molecular weight is 339 g/mol. The minimum atomic E-state index is -0.274. The van der Waals surface area contributed by atoms with Crippen molar-refractivity contribution >= 4 is 5.69 Å². The van der Waals surface area contributed by atoms with Crippen molar-refractivity contribution in [2.24, 2.45) is 0 Å². The molecule has 0 atom stereocenters. The van der Waals surface area contributed by atoms with Crippen molar-refractivity contribution in [1.29, 1.82) is 0 Å². The minimum Gasteiger partial charge on any atom is -0.415 e. The number of halogens is 1. The largest absolute Gasteiger partial charge is 0.415 e. The number of hydrogen-bond acceptors (Lipinski definition) is 4. The van der Waals surface area contributed by atoms with E-state index in [1.807, 2.05) is 6.07 Å². The Morgan fingerprint density at radius 1 is 0.960 bits per heavy atom. The molecule has 6 heteroatoms. The maximum absolute atomic E-state index is 13.0. The lowest BCUT2D eigenvalue weighted by molar-refractivity contribution is -0.915. The van der Waals surface area contributed by atoms with Gasteiger partial charge in [-0.25, -0.2) is 4.39 Å². The number of quaternary nitrogens is 1. The van der Waals surface area contributed by atoms with E-state index in [4.69, 9.17) is 4.42 Å². The second kappa shape index (κ2) is 7.03. The van der Waals surface area contributed by atoms with Gasteiger partial charge < -0.3 is 14.2 Å². The number of anilines is 1. The van der Waals surface area contributed by atoms with Crippen molar-refractivity contribution in [3.63, 3.8) is 0 Å². The van der Waals surface area contributed by atoms with Crippen LogP contribution in [0.3, 0.4) is 0 Å². The topological polar surface area (TPSA) is 46.6 Å². The summed E-state index contributed by atoms with van der Waals surface area (Å²) in [5, 5.41) is 8.22. The Balaban J connectivity index is 1.35. The van der Waals surface area contributed by atoms with Crippen LogP contribution in [0, 0.1) is 5.82 Å². The van der Waals surface area contributed by atoms with Crippen LogP contribution in [0.5, 0.6) is 0 Å². The van der Waals surface area contributed by atoms with Crippen molar-refractivity contribution in [2.45, 2.75) is 6.54 Å². The van der Waals surface area contributed by atoms with Gasteiger partial charge in [-0.3, -0.25) is 0 Å². The van der Waals surface area contributed by atoms with E-state index in [0.29, 0.717) is 11.8 Å². The Bertz CT molecular complexity index is 811. The van der Waals surface area contributed by atoms with Gasteiger partial charge in [0.1, 0.15) is 5.82 Å². The monoisotopic (exact) mass is 339 g/mol. The molecule has 0 saturated carbocycles. The summed E-state index contributed by atoms with van der Waals surface area (Å²) < 4.78 is 18.7. The standard InChI is InChI=1S/C19H19FN4O/c20-16-8-6-15(7-9-16)19-22-21-18(25-19)14-23-10-12-24(13-11-23)17-4-2-1-3-5-17/h1-9H,10-14H2/p+1. The van der Waals surface area contributed by atoms with Crippen LogP contribution in [0.2, 0.25) is 0 Å². The number of nitrogens with one attached hydrogen (secondary N) is 1. The van der Waals surface area contributed by atoms with Crippen LogP contribution in [-0.2, 0) is 6.54 Å². The molecule has 0 bridgehead atoms. The van der Waals surface area contributed by atoms with Crippen molar-refractivity contribution in [3.05, 3.63) is 66.3 Å². The van der Waals surface area contributed by atoms with Gasteiger partial charge >= 0.3 is 0 Å². The number of rotatable bonds is 4. The van der Waals surface area contributed by atoms with Crippen LogP contribution in [0.15, 0.2) is 59.0 Å². The fourth-order valence-corrected chi connectivity index (χ4v) is 3.14. The van der Waals surface area contributed by atoms with E-state index < -0.39 is 0 Å². The predicted molar refractivity (Wildman–Crippen MR) is 92.7 cm³/mol. The maximum Gasteiger partial charge on any atom is 0.271 e. The molecule has 1 saturated heterocycles. The molecule has 0 aliphatic carbocycles. The number of aromatic nitrogens is 2. The summed E-state index contributed by atoms with van der Waals surface area (Å²) in [6.07, 6.45) is 0. The summed E-state index contributed by atoms with van der Waals surface area (Å²) in [4.78, 5) is 3.84. The fourth-order valence-electron chi connectivity index (χ4n) is 3.14. The SMILES string of the molecule is Fc1ccc(-c2nnc(C[NH+]3CCN(c4ccccc4)CC3)o2)cc1. The van der Waals surface area contributed by atoms with Gasteiger partial charge in [-0.2, -0.15) is 0 Å². The van der Waals surface area contributed by atoms with Crippen LogP contribution >= 0.6 is 0 Å². The summed E-state index contributed by atoms with van der Waals surface area (Å²) >= 11 is 0. The normalized spacial score (nSPS) is 15.5. The van der Waals surface area contributed by atoms with Gasteiger partial charge in [-0.05, 0) is 36.4 Å². The number of hydrogen-bond donors (Lipinski definition) is 1. The zero-order valence-electron chi connectivity index (χ0n) is 13.9. The quantitative estimate of drug-likeness (QED) is 0.787. The van der Waals surface area contributed by atoms with Crippen LogP contribution in [0.4, 0.5) is 10.1 Å². The Morgan fingerprint density at radius 3 is 2.40 bits per heavy atom. The van der Waals surface area contributed by atoms with Gasteiger partial charge in [-0.15, -0.1) is 10.2 Å². The molecule has 128 valence electrons. The van der Waals surface area contributed by atoms with E-state index in [1.165, 1.54) is 22.7 Å². The highest BCUT2D eigenvalue weighted by atomic mass is 19.1. The smallest absolute Gasteiger partial charge is 0.271 e. The molecule has 5 nitrogen and oxygen atoms in total. The molecule has 2 aromatic carbocycles. The minimum absolute atomic E-state index is 0.274. The lowest BCUT2D eigenvalue weighted by Gasteiger charge is -2.33. The van der Waals surface area contributed by atoms with Crippen molar-refractivity contribution < 1.29 is 13.7 Å². The molecular weight excluding hydrogens is 319 g/mol. The molecule has 3 aromatic rings. The molecular formula is C19H20FN4O+. The van der Waals surface area contributed by atoms with E-state index in [-0.39, 0.29) is 5.82 Å². The third kappa shape index (κ3) is 3.69. The van der Waals surface area contributed by atoms with Gasteiger partial charge in [0.05, 0.1) is 26.2 Å². The molecule has 4 rings (SSSR count). The molecule has 1 aliphatic rings. The first-order valence-electron chi connectivity index (χ1n) is 8.50.